The molecule has 15 heteroatoms. The second kappa shape index (κ2) is 16.6. The summed E-state index contributed by atoms with van der Waals surface area (Å²) in [6.45, 7) is 6.84. The lowest BCUT2D eigenvalue weighted by Crippen LogP contribution is -2.45. The number of morpholine rings is 1. The van der Waals surface area contributed by atoms with Crippen LogP contribution >= 0.6 is 11.6 Å². The third-order valence-corrected chi connectivity index (χ3v) is 8.56. The number of hydrogen-bond acceptors (Lipinski definition) is 12. The van der Waals surface area contributed by atoms with E-state index in [4.69, 9.17) is 46.6 Å². The maximum Gasteiger partial charge on any atom is 0.256 e. The van der Waals surface area contributed by atoms with E-state index in [9.17, 15) is 0 Å². The second-order valence-corrected chi connectivity index (χ2v) is 11.9. The molecule has 5 rings (SSSR count). The number of rotatable bonds is 16. The molecule has 1 saturated carbocycles. The molecule has 14 nitrogen and oxygen atoms in total. The van der Waals surface area contributed by atoms with Gasteiger partial charge in [-0.05, 0) is 50.3 Å². The minimum Gasteiger partial charge on any atom is -0.487 e. The molecule has 0 unspecified atom stereocenters. The Balaban J connectivity index is 1.25. The van der Waals surface area contributed by atoms with Crippen LogP contribution in [0.25, 0.3) is 11.1 Å². The van der Waals surface area contributed by atoms with Crippen molar-refractivity contribution in [3.05, 3.63) is 41.8 Å². The summed E-state index contributed by atoms with van der Waals surface area (Å²) in [5.74, 6) is 1.42. The summed E-state index contributed by atoms with van der Waals surface area (Å²) in [6.07, 6.45) is 11.2. The summed E-state index contributed by atoms with van der Waals surface area (Å²) in [5.41, 5.74) is 9.46. The molecular weight excluding hydrogens is 612 g/mol. The molecule has 0 radical (unpaired) electrons. The van der Waals surface area contributed by atoms with Crippen molar-refractivity contribution < 1.29 is 18.9 Å². The van der Waals surface area contributed by atoms with Crippen LogP contribution in [0.15, 0.2) is 42.0 Å². The Morgan fingerprint density at radius 3 is 2.57 bits per heavy atom. The first kappa shape index (κ1) is 33.5. The number of halogens is 1. The zero-order valence-corrected chi connectivity index (χ0v) is 27.2. The highest BCUT2D eigenvalue weighted by Gasteiger charge is 2.29. The topological polar surface area (TPSA) is 159 Å². The molecule has 0 amide bonds. The van der Waals surface area contributed by atoms with Gasteiger partial charge >= 0.3 is 0 Å². The smallest absolute Gasteiger partial charge is 0.256 e. The number of ether oxygens (including phenoxy) is 4. The number of anilines is 2. The Hall–Kier alpha value is -3.85. The van der Waals surface area contributed by atoms with E-state index in [-0.39, 0.29) is 12.6 Å². The van der Waals surface area contributed by atoms with Crippen LogP contribution in [0.2, 0.25) is 5.02 Å². The highest BCUT2D eigenvalue weighted by Crippen LogP contribution is 2.35. The first-order valence-electron chi connectivity index (χ1n) is 15.7. The van der Waals surface area contributed by atoms with Crippen molar-refractivity contribution in [1.82, 2.24) is 29.7 Å². The van der Waals surface area contributed by atoms with Crippen LogP contribution in [0.4, 0.5) is 11.6 Å². The van der Waals surface area contributed by atoms with Gasteiger partial charge < -0.3 is 24.3 Å². The molecular formula is C31H43ClN10O4. The predicted octanol–water partition coefficient (Wildman–Crippen LogP) is 5.59. The van der Waals surface area contributed by atoms with E-state index in [0.717, 1.165) is 81.6 Å². The molecule has 0 bridgehead atoms. The predicted molar refractivity (Wildman–Crippen MR) is 174 cm³/mol. The maximum atomic E-state index is 7.32. The van der Waals surface area contributed by atoms with Crippen molar-refractivity contribution in [2.75, 3.05) is 58.5 Å². The summed E-state index contributed by atoms with van der Waals surface area (Å²) in [4.78, 5) is 11.7. The molecule has 0 spiro atoms. The van der Waals surface area contributed by atoms with Gasteiger partial charge in [-0.3, -0.25) is 15.0 Å². The van der Waals surface area contributed by atoms with Gasteiger partial charge in [0.1, 0.15) is 23.9 Å². The van der Waals surface area contributed by atoms with Crippen molar-refractivity contribution in [3.63, 3.8) is 0 Å². The quantitative estimate of drug-likeness (QED) is 0.0584. The maximum absolute atomic E-state index is 7.32. The molecule has 1 atom stereocenters. The van der Waals surface area contributed by atoms with E-state index in [0.29, 0.717) is 47.9 Å². The summed E-state index contributed by atoms with van der Waals surface area (Å²) >= 11 is 6.40. The molecule has 1 aliphatic carbocycles. The van der Waals surface area contributed by atoms with Crippen molar-refractivity contribution in [1.29, 1.82) is 10.9 Å². The van der Waals surface area contributed by atoms with Crippen LogP contribution in [0.5, 0.6) is 11.6 Å². The molecule has 248 valence electrons. The van der Waals surface area contributed by atoms with Crippen molar-refractivity contribution in [2.24, 2.45) is 5.22 Å². The monoisotopic (exact) mass is 654 g/mol. The molecule has 46 heavy (non-hydrogen) atoms. The third kappa shape index (κ3) is 8.90. The summed E-state index contributed by atoms with van der Waals surface area (Å²) in [6, 6.07) is 6.36. The first-order valence-corrected chi connectivity index (χ1v) is 16.1. The zero-order chi connectivity index (χ0) is 32.3. The lowest BCUT2D eigenvalue weighted by molar-refractivity contribution is 0.00503. The molecule has 1 aromatic carbocycles. The molecule has 3 N–H and O–H groups in total. The van der Waals surface area contributed by atoms with Gasteiger partial charge in [-0.2, -0.15) is 5.53 Å². The Kier molecular flexibility index (Phi) is 12.1. The highest BCUT2D eigenvalue weighted by atomic mass is 35.5. The lowest BCUT2D eigenvalue weighted by Gasteiger charge is -2.38. The molecule has 1 aliphatic heterocycles. The molecule has 2 aliphatic rings. The van der Waals surface area contributed by atoms with Gasteiger partial charge in [-0.25, -0.2) is 15.0 Å². The number of nitrogens with one attached hydrogen (secondary N) is 3. The molecule has 1 saturated heterocycles. The molecule has 2 fully saturated rings. The van der Waals surface area contributed by atoms with Crippen LogP contribution in [-0.2, 0) is 9.47 Å². The standard InChI is InChI=1S/C31H43ClN10O4/c1-22(19-41(21-33)39-34)46-29-16-23(4-9-27(29)32)24-17-35-31(36-18-24)37-28-20-42(38-30(28)45-13-3-12-43-2)26-7-5-25(6-8-26)40-10-14-44-15-11-40/h4,9,16-18,20-22,25-26,33-34H,3,5-8,10-15,19H2,1-2H3,(H,35,36,37)/t22-,25-,26-/m0/s1. The number of methoxy groups -OCH3 is 1. The average molecular weight is 655 g/mol. The van der Waals surface area contributed by atoms with E-state index in [1.807, 2.05) is 29.9 Å². The minimum absolute atomic E-state index is 0.238. The summed E-state index contributed by atoms with van der Waals surface area (Å²) < 4.78 is 24.8. The Labute approximate surface area is 274 Å². The number of aromatic nitrogens is 4. The van der Waals surface area contributed by atoms with Crippen LogP contribution in [0.3, 0.4) is 0 Å². The highest BCUT2D eigenvalue weighted by molar-refractivity contribution is 6.32. The fraction of sp³-hybridized carbons (Fsp3) is 0.548. The minimum atomic E-state index is -0.363. The average Bonchev–Trinajstić information content (AvgIpc) is 3.49. The van der Waals surface area contributed by atoms with E-state index in [1.54, 1.807) is 25.6 Å². The fourth-order valence-electron chi connectivity index (χ4n) is 5.83. The number of benzene rings is 1. The van der Waals surface area contributed by atoms with Gasteiger partial charge in [0.15, 0.2) is 0 Å². The fourth-order valence-corrected chi connectivity index (χ4v) is 5.99. The van der Waals surface area contributed by atoms with Gasteiger partial charge in [-0.15, -0.1) is 5.10 Å². The zero-order valence-electron chi connectivity index (χ0n) is 26.4. The summed E-state index contributed by atoms with van der Waals surface area (Å²) in [5, 5.41) is 20.4. The molecule has 3 heterocycles. The van der Waals surface area contributed by atoms with Crippen molar-refractivity contribution in [2.45, 2.75) is 57.2 Å². The van der Waals surface area contributed by atoms with Gasteiger partial charge in [-0.1, -0.05) is 22.9 Å². The van der Waals surface area contributed by atoms with E-state index >= 15 is 0 Å². The van der Waals surface area contributed by atoms with Gasteiger partial charge in [0.2, 0.25) is 5.95 Å². The second-order valence-electron chi connectivity index (χ2n) is 11.5. The summed E-state index contributed by atoms with van der Waals surface area (Å²) in [7, 11) is 1.68. The van der Waals surface area contributed by atoms with Gasteiger partial charge in [0.05, 0.1) is 43.6 Å². The largest absolute Gasteiger partial charge is 0.487 e. The van der Waals surface area contributed by atoms with Crippen LogP contribution < -0.4 is 14.8 Å². The first-order chi connectivity index (χ1) is 22.5. The van der Waals surface area contributed by atoms with Crippen LogP contribution in [-0.4, -0.2) is 101 Å². The van der Waals surface area contributed by atoms with E-state index in [2.05, 4.69) is 25.4 Å². The van der Waals surface area contributed by atoms with Gasteiger partial charge in [0, 0.05) is 57.2 Å². The van der Waals surface area contributed by atoms with Gasteiger partial charge in [0.25, 0.3) is 5.88 Å². The Morgan fingerprint density at radius 2 is 1.87 bits per heavy atom. The molecule has 2 aromatic heterocycles. The van der Waals surface area contributed by atoms with Crippen molar-refractivity contribution >= 4 is 29.6 Å². The SMILES string of the molecule is COCCCOc1nn([C@H]2CC[C@H](N3CCOCC3)CC2)cc1Nc1ncc(-c2ccc(Cl)c(O[C@@H](C)CN(C=N)N=N)c2)cn1. The van der Waals surface area contributed by atoms with E-state index in [1.165, 1.54) is 5.01 Å². The van der Waals surface area contributed by atoms with E-state index < -0.39 is 0 Å². The Bertz CT molecular complexity index is 1400. The molecule has 3 aromatic rings. The lowest BCUT2D eigenvalue weighted by atomic mass is 9.90. The normalized spacial score (nSPS) is 19.3. The number of hydrogen-bond donors (Lipinski definition) is 3. The van der Waals surface area contributed by atoms with Crippen molar-refractivity contribution in [3.8, 4) is 22.8 Å². The van der Waals surface area contributed by atoms with Crippen LogP contribution in [0, 0.1) is 10.9 Å². The third-order valence-electron chi connectivity index (χ3n) is 8.24. The Morgan fingerprint density at radius 1 is 1.13 bits per heavy atom. The number of nitrogens with zero attached hydrogens (tertiary/aromatic N) is 7. The van der Waals surface area contributed by atoms with Crippen LogP contribution in [0.1, 0.15) is 45.1 Å².